The predicted octanol–water partition coefficient (Wildman–Crippen LogP) is 3.41. The quantitative estimate of drug-likeness (QED) is 0.773. The van der Waals surface area contributed by atoms with Gasteiger partial charge in [0.2, 0.25) is 0 Å². The molecule has 1 saturated heterocycles. The molecule has 0 aromatic heterocycles. The monoisotopic (exact) mass is 254 g/mol. The third-order valence-electron chi connectivity index (χ3n) is 2.58. The lowest BCUT2D eigenvalue weighted by Gasteiger charge is -2.34. The molecule has 1 heterocycles. The lowest BCUT2D eigenvalue weighted by molar-refractivity contribution is -0.226. The Morgan fingerprint density at radius 1 is 1.18 bits per heavy atom. The van der Waals surface area contributed by atoms with Gasteiger partial charge in [0.05, 0.1) is 20.3 Å². The van der Waals surface area contributed by atoms with E-state index in [0.29, 0.717) is 0 Å². The van der Waals surface area contributed by atoms with Crippen molar-refractivity contribution in [2.45, 2.75) is 25.0 Å². The second-order valence-electron chi connectivity index (χ2n) is 4.94. The first-order valence-electron chi connectivity index (χ1n) is 5.64. The van der Waals surface area contributed by atoms with Gasteiger partial charge in [-0.05, 0) is 12.1 Å². The highest BCUT2D eigenvalue weighted by Gasteiger charge is 2.28. The van der Waals surface area contributed by atoms with Crippen molar-refractivity contribution in [1.29, 1.82) is 0 Å². The van der Waals surface area contributed by atoms with E-state index in [4.69, 9.17) is 13.7 Å². The number of hydrogen-bond acceptors (Lipinski definition) is 4. The minimum atomic E-state index is -0.232. The minimum absolute atomic E-state index is 0.113. The average Bonchev–Trinajstić information content (AvgIpc) is 2.31. The summed E-state index contributed by atoms with van der Waals surface area (Å²) in [5.41, 5.74) is 1.17. The van der Waals surface area contributed by atoms with E-state index in [1.165, 1.54) is 12.0 Å². The molecule has 1 aliphatic rings. The molecular formula is C13H18O3S. The summed E-state index contributed by atoms with van der Waals surface area (Å²) in [5, 5.41) is 0. The molecule has 2 rings (SSSR count). The number of ether oxygens (including phenoxy) is 2. The lowest BCUT2D eigenvalue weighted by Crippen LogP contribution is -2.33. The second kappa shape index (κ2) is 5.40. The number of benzene rings is 1. The van der Waals surface area contributed by atoms with E-state index in [0.717, 1.165) is 23.7 Å². The molecule has 4 heteroatoms. The molecule has 0 aliphatic carbocycles. The molecule has 0 spiro atoms. The van der Waals surface area contributed by atoms with Crippen molar-refractivity contribution in [3.8, 4) is 0 Å². The van der Waals surface area contributed by atoms with Gasteiger partial charge >= 0.3 is 0 Å². The molecule has 0 bridgehead atoms. The molecular weight excluding hydrogens is 236 g/mol. The van der Waals surface area contributed by atoms with Gasteiger partial charge in [0.15, 0.2) is 6.29 Å². The van der Waals surface area contributed by atoms with E-state index >= 15 is 0 Å². The predicted molar refractivity (Wildman–Crippen MR) is 67.7 cm³/mol. The number of rotatable bonds is 3. The molecule has 0 unspecified atom stereocenters. The van der Waals surface area contributed by atoms with Gasteiger partial charge in [0, 0.05) is 27.9 Å². The van der Waals surface area contributed by atoms with E-state index in [1.807, 2.05) is 24.3 Å². The van der Waals surface area contributed by atoms with Crippen LogP contribution in [0.1, 0.15) is 25.7 Å². The van der Waals surface area contributed by atoms with Crippen molar-refractivity contribution in [3.05, 3.63) is 29.8 Å². The first kappa shape index (κ1) is 12.9. The summed E-state index contributed by atoms with van der Waals surface area (Å²) in [6, 6.07) is 8.06. The van der Waals surface area contributed by atoms with Crippen LogP contribution in [-0.4, -0.2) is 20.3 Å². The summed E-state index contributed by atoms with van der Waals surface area (Å²) >= 11 is 1.35. The third-order valence-corrected chi connectivity index (χ3v) is 3.21. The molecule has 17 heavy (non-hydrogen) atoms. The van der Waals surface area contributed by atoms with Crippen LogP contribution < -0.4 is 0 Å². The standard InChI is InChI=1S/C13H18O3S/c1-13(2)8-15-12(16-9-13)10-4-6-11(7-5-10)17-14-3/h4-7,12H,8-9H2,1-3H3. The van der Waals surface area contributed by atoms with E-state index in [9.17, 15) is 0 Å². The van der Waals surface area contributed by atoms with Crippen LogP contribution in [0.2, 0.25) is 0 Å². The minimum Gasteiger partial charge on any atom is -0.348 e. The fourth-order valence-electron chi connectivity index (χ4n) is 1.66. The SMILES string of the molecule is COSc1ccc(C2OCC(C)(C)CO2)cc1. The van der Waals surface area contributed by atoms with Crippen molar-refractivity contribution in [2.24, 2.45) is 5.41 Å². The highest BCUT2D eigenvalue weighted by atomic mass is 32.2. The van der Waals surface area contributed by atoms with Crippen LogP contribution in [0, 0.1) is 5.41 Å². The van der Waals surface area contributed by atoms with Gasteiger partial charge in [-0.25, -0.2) is 0 Å². The summed E-state index contributed by atoms with van der Waals surface area (Å²) in [6.07, 6.45) is -0.232. The molecule has 0 atom stereocenters. The summed E-state index contributed by atoms with van der Waals surface area (Å²) in [4.78, 5) is 1.08. The molecule has 94 valence electrons. The Morgan fingerprint density at radius 3 is 2.29 bits per heavy atom. The van der Waals surface area contributed by atoms with Crippen LogP contribution >= 0.6 is 12.0 Å². The van der Waals surface area contributed by atoms with Gasteiger partial charge in [0.1, 0.15) is 0 Å². The largest absolute Gasteiger partial charge is 0.348 e. The first-order chi connectivity index (χ1) is 8.11. The molecule has 3 nitrogen and oxygen atoms in total. The Morgan fingerprint density at radius 2 is 1.76 bits per heavy atom. The summed E-state index contributed by atoms with van der Waals surface area (Å²) in [5.74, 6) is 0. The molecule has 0 saturated carbocycles. The average molecular weight is 254 g/mol. The van der Waals surface area contributed by atoms with Crippen LogP contribution in [0.25, 0.3) is 0 Å². The smallest absolute Gasteiger partial charge is 0.183 e. The maximum absolute atomic E-state index is 5.72. The maximum Gasteiger partial charge on any atom is 0.183 e. The topological polar surface area (TPSA) is 27.7 Å². The fraction of sp³-hybridized carbons (Fsp3) is 0.538. The molecule has 0 N–H and O–H groups in total. The summed E-state index contributed by atoms with van der Waals surface area (Å²) in [6.45, 7) is 5.74. The Bertz CT molecular complexity index is 351. The maximum atomic E-state index is 5.72. The van der Waals surface area contributed by atoms with Crippen molar-refractivity contribution < 1.29 is 13.7 Å². The fourth-order valence-corrected chi connectivity index (χ4v) is 2.10. The lowest BCUT2D eigenvalue weighted by atomic mass is 9.95. The van der Waals surface area contributed by atoms with Crippen molar-refractivity contribution >= 4 is 12.0 Å². The van der Waals surface area contributed by atoms with Crippen molar-refractivity contribution in [2.75, 3.05) is 20.3 Å². The van der Waals surface area contributed by atoms with E-state index < -0.39 is 0 Å². The van der Waals surface area contributed by atoms with Gasteiger partial charge in [-0.2, -0.15) is 0 Å². The molecule has 0 amide bonds. The first-order valence-corrected chi connectivity index (χ1v) is 6.39. The van der Waals surface area contributed by atoms with E-state index in [1.54, 1.807) is 7.11 Å². The molecule has 1 aliphatic heterocycles. The third kappa shape index (κ3) is 3.45. The van der Waals surface area contributed by atoms with Crippen LogP contribution in [0.15, 0.2) is 29.2 Å². The van der Waals surface area contributed by atoms with Gasteiger partial charge in [-0.3, -0.25) is 0 Å². The van der Waals surface area contributed by atoms with Crippen LogP contribution in [0.3, 0.4) is 0 Å². The van der Waals surface area contributed by atoms with Crippen molar-refractivity contribution in [3.63, 3.8) is 0 Å². The van der Waals surface area contributed by atoms with Crippen LogP contribution in [0.4, 0.5) is 0 Å². The Balaban J connectivity index is 1.99. The highest BCUT2D eigenvalue weighted by molar-refractivity contribution is 7.94. The molecule has 0 radical (unpaired) electrons. The number of hydrogen-bond donors (Lipinski definition) is 0. The Kier molecular flexibility index (Phi) is 4.09. The zero-order valence-corrected chi connectivity index (χ0v) is 11.3. The second-order valence-corrected chi connectivity index (χ2v) is 5.91. The zero-order chi connectivity index (χ0) is 12.3. The van der Waals surface area contributed by atoms with Crippen LogP contribution in [-0.2, 0) is 13.7 Å². The normalized spacial score (nSPS) is 20.4. The Hall–Kier alpha value is -0.550. The van der Waals surface area contributed by atoms with E-state index in [2.05, 4.69) is 13.8 Å². The van der Waals surface area contributed by atoms with Gasteiger partial charge in [-0.1, -0.05) is 26.0 Å². The molecule has 1 aromatic rings. The van der Waals surface area contributed by atoms with Gasteiger partial charge < -0.3 is 13.7 Å². The summed E-state index contributed by atoms with van der Waals surface area (Å²) < 4.78 is 16.4. The summed E-state index contributed by atoms with van der Waals surface area (Å²) in [7, 11) is 1.66. The Labute approximate surface area is 107 Å². The molecule has 1 aromatic carbocycles. The van der Waals surface area contributed by atoms with Crippen LogP contribution in [0.5, 0.6) is 0 Å². The highest BCUT2D eigenvalue weighted by Crippen LogP contribution is 2.31. The van der Waals surface area contributed by atoms with Gasteiger partial charge in [-0.15, -0.1) is 0 Å². The molecule has 1 fully saturated rings. The van der Waals surface area contributed by atoms with Gasteiger partial charge in [0.25, 0.3) is 0 Å². The van der Waals surface area contributed by atoms with Crippen molar-refractivity contribution in [1.82, 2.24) is 0 Å². The zero-order valence-electron chi connectivity index (χ0n) is 10.4. The van der Waals surface area contributed by atoms with E-state index in [-0.39, 0.29) is 11.7 Å².